The SMILES string of the molecule is CC(C)(C)c1ccc(CSCC(=O)C(CC(=O)O)NC(=O)c2ccc(CNS(=O)(=O)c3ccc(O)c(C(=O)O)c3)cc2)cc1. The van der Waals surface area contributed by atoms with Gasteiger partial charge in [-0.3, -0.25) is 14.4 Å². The van der Waals surface area contributed by atoms with Crippen molar-refractivity contribution in [3.05, 3.63) is 94.5 Å². The monoisotopic (exact) mass is 642 g/mol. The minimum absolute atomic E-state index is 0.00726. The van der Waals surface area contributed by atoms with E-state index in [2.05, 4.69) is 30.8 Å². The third kappa shape index (κ3) is 9.66. The third-order valence-electron chi connectivity index (χ3n) is 6.60. The number of carboxylic acid groups (broad SMARTS) is 2. The quantitative estimate of drug-likeness (QED) is 0.172. The number of hydrogen-bond donors (Lipinski definition) is 5. The van der Waals surface area contributed by atoms with Crippen molar-refractivity contribution >= 4 is 45.4 Å². The number of Topliss-reactive ketones (excluding diaryl/α,β-unsaturated/α-hetero) is 1. The van der Waals surface area contributed by atoms with Crippen LogP contribution in [-0.2, 0) is 37.3 Å². The highest BCUT2D eigenvalue weighted by molar-refractivity contribution is 7.99. The molecule has 0 aliphatic carbocycles. The number of phenols is 1. The summed E-state index contributed by atoms with van der Waals surface area (Å²) in [5.74, 6) is -3.83. The molecule has 44 heavy (non-hydrogen) atoms. The molecule has 0 aliphatic rings. The smallest absolute Gasteiger partial charge is 0.339 e. The standard InChI is InChI=1S/C31H34N2O9S2/c1-31(2,3)22-10-6-20(7-11-22)17-43-18-27(35)25(15-28(36)37)33-29(38)21-8-4-19(5-9-21)16-32-44(41,42)23-12-13-26(34)24(14-23)30(39)40/h4-14,25,32,34H,15-18H2,1-3H3,(H,33,38)(H,36,37)(H,39,40). The van der Waals surface area contributed by atoms with E-state index < -0.39 is 57.4 Å². The molecular weight excluding hydrogens is 608 g/mol. The summed E-state index contributed by atoms with van der Waals surface area (Å²) in [4.78, 5) is 47.9. The lowest BCUT2D eigenvalue weighted by molar-refractivity contribution is -0.139. The summed E-state index contributed by atoms with van der Waals surface area (Å²) in [5.41, 5.74) is 2.26. The summed E-state index contributed by atoms with van der Waals surface area (Å²) < 4.78 is 27.5. The zero-order chi connectivity index (χ0) is 32.7. The van der Waals surface area contributed by atoms with Crippen molar-refractivity contribution in [3.8, 4) is 5.75 Å². The molecule has 1 atom stereocenters. The molecule has 3 rings (SSSR count). The van der Waals surface area contributed by atoms with E-state index in [1.807, 2.05) is 24.3 Å². The first-order valence-corrected chi connectivity index (χ1v) is 16.1. The van der Waals surface area contributed by atoms with Crippen LogP contribution in [-0.4, -0.2) is 59.2 Å². The Labute approximate surface area is 259 Å². The molecule has 0 saturated heterocycles. The van der Waals surface area contributed by atoms with E-state index in [1.54, 1.807) is 0 Å². The molecule has 0 spiro atoms. The summed E-state index contributed by atoms with van der Waals surface area (Å²) in [6.45, 7) is 6.16. The number of aromatic carboxylic acids is 1. The van der Waals surface area contributed by atoms with Gasteiger partial charge in [0.25, 0.3) is 5.91 Å². The van der Waals surface area contributed by atoms with Crippen molar-refractivity contribution in [3.63, 3.8) is 0 Å². The van der Waals surface area contributed by atoms with Gasteiger partial charge < -0.3 is 20.6 Å². The number of carbonyl (C=O) groups is 4. The predicted octanol–water partition coefficient (Wildman–Crippen LogP) is 3.94. The fourth-order valence-electron chi connectivity index (χ4n) is 4.02. The minimum Gasteiger partial charge on any atom is -0.507 e. The Morgan fingerprint density at radius 3 is 2.07 bits per heavy atom. The molecule has 11 nitrogen and oxygen atoms in total. The van der Waals surface area contributed by atoms with E-state index in [0.717, 1.165) is 23.8 Å². The van der Waals surface area contributed by atoms with Gasteiger partial charge in [-0.05, 0) is 52.4 Å². The Bertz CT molecular complexity index is 1630. The van der Waals surface area contributed by atoms with Crippen LogP contribution < -0.4 is 10.0 Å². The van der Waals surface area contributed by atoms with Gasteiger partial charge in [0.1, 0.15) is 11.3 Å². The molecular formula is C31H34N2O9S2. The molecule has 0 bridgehead atoms. The van der Waals surface area contributed by atoms with Crippen LogP contribution in [0.15, 0.2) is 71.6 Å². The number of benzene rings is 3. The Morgan fingerprint density at radius 2 is 1.50 bits per heavy atom. The Morgan fingerprint density at radius 1 is 0.886 bits per heavy atom. The first-order chi connectivity index (χ1) is 20.6. The largest absolute Gasteiger partial charge is 0.507 e. The summed E-state index contributed by atoms with van der Waals surface area (Å²) in [5, 5.41) is 30.5. The number of thioether (sulfide) groups is 1. The van der Waals surface area contributed by atoms with E-state index in [-0.39, 0.29) is 28.2 Å². The maximum Gasteiger partial charge on any atom is 0.339 e. The molecule has 0 fully saturated rings. The van der Waals surface area contributed by atoms with E-state index in [1.165, 1.54) is 41.6 Å². The molecule has 0 aliphatic heterocycles. The van der Waals surface area contributed by atoms with E-state index in [9.17, 15) is 37.8 Å². The number of hydrogen-bond acceptors (Lipinski definition) is 8. The molecule has 3 aromatic carbocycles. The van der Waals surface area contributed by atoms with Gasteiger partial charge in [0.2, 0.25) is 10.0 Å². The van der Waals surface area contributed by atoms with Gasteiger partial charge in [-0.1, -0.05) is 57.2 Å². The van der Waals surface area contributed by atoms with Gasteiger partial charge >= 0.3 is 11.9 Å². The average molecular weight is 643 g/mol. The normalized spacial score (nSPS) is 12.3. The van der Waals surface area contributed by atoms with Gasteiger partial charge in [0, 0.05) is 17.9 Å². The first kappa shape index (κ1) is 34.3. The van der Waals surface area contributed by atoms with Crippen molar-refractivity contribution < 1.29 is 42.9 Å². The number of amides is 1. The van der Waals surface area contributed by atoms with E-state index in [4.69, 9.17) is 5.11 Å². The van der Waals surface area contributed by atoms with Crippen LogP contribution in [0.1, 0.15) is 64.6 Å². The maximum atomic E-state index is 12.8. The van der Waals surface area contributed by atoms with Crippen LogP contribution in [0.3, 0.4) is 0 Å². The number of nitrogens with one attached hydrogen (secondary N) is 2. The van der Waals surface area contributed by atoms with Crippen molar-refractivity contribution in [2.45, 2.75) is 55.8 Å². The fourth-order valence-corrected chi connectivity index (χ4v) is 6.00. The van der Waals surface area contributed by atoms with Crippen LogP contribution in [0.4, 0.5) is 0 Å². The second-order valence-electron chi connectivity index (χ2n) is 11.0. The molecule has 5 N–H and O–H groups in total. The minimum atomic E-state index is -4.13. The number of aliphatic carboxylic acids is 1. The van der Waals surface area contributed by atoms with Crippen molar-refractivity contribution in [1.82, 2.24) is 10.0 Å². The highest BCUT2D eigenvalue weighted by Crippen LogP contribution is 2.24. The second kappa shape index (κ2) is 14.5. The molecule has 13 heteroatoms. The van der Waals surface area contributed by atoms with Gasteiger partial charge in [-0.25, -0.2) is 17.9 Å². The van der Waals surface area contributed by atoms with Gasteiger partial charge in [-0.15, -0.1) is 11.8 Å². The Hall–Kier alpha value is -4.20. The second-order valence-corrected chi connectivity index (χ2v) is 13.8. The lowest BCUT2D eigenvalue weighted by atomic mass is 9.87. The van der Waals surface area contributed by atoms with E-state index >= 15 is 0 Å². The van der Waals surface area contributed by atoms with Crippen molar-refractivity contribution in [1.29, 1.82) is 0 Å². The lowest BCUT2D eigenvalue weighted by Crippen LogP contribution is -2.43. The number of rotatable bonds is 14. The van der Waals surface area contributed by atoms with Crippen molar-refractivity contribution in [2.24, 2.45) is 0 Å². The van der Waals surface area contributed by atoms with Gasteiger partial charge in [0.15, 0.2) is 5.78 Å². The number of sulfonamides is 1. The third-order valence-corrected chi connectivity index (χ3v) is 9.02. The highest BCUT2D eigenvalue weighted by atomic mass is 32.2. The summed E-state index contributed by atoms with van der Waals surface area (Å²) >= 11 is 1.33. The molecule has 1 amide bonds. The van der Waals surface area contributed by atoms with Crippen molar-refractivity contribution in [2.75, 3.05) is 5.75 Å². The molecule has 234 valence electrons. The van der Waals surface area contributed by atoms with Crippen LogP contribution in [0.25, 0.3) is 0 Å². The topological polar surface area (TPSA) is 187 Å². The number of aromatic hydroxyl groups is 1. The summed E-state index contributed by atoms with van der Waals surface area (Å²) in [6.07, 6.45) is -0.577. The highest BCUT2D eigenvalue weighted by Gasteiger charge is 2.24. The number of ketones is 1. The zero-order valence-corrected chi connectivity index (χ0v) is 26.0. The molecule has 0 radical (unpaired) electrons. The molecule has 3 aromatic rings. The molecule has 0 aromatic heterocycles. The molecule has 0 saturated carbocycles. The van der Waals surface area contributed by atoms with Crippen LogP contribution in [0, 0.1) is 0 Å². The maximum absolute atomic E-state index is 12.8. The van der Waals surface area contributed by atoms with Gasteiger partial charge in [0.05, 0.1) is 23.1 Å². The van der Waals surface area contributed by atoms with Crippen LogP contribution in [0.5, 0.6) is 5.75 Å². The van der Waals surface area contributed by atoms with E-state index in [0.29, 0.717) is 11.3 Å². The summed E-state index contributed by atoms with van der Waals surface area (Å²) in [7, 11) is -4.13. The summed E-state index contributed by atoms with van der Waals surface area (Å²) in [6, 6.07) is 15.5. The average Bonchev–Trinajstić information content (AvgIpc) is 2.95. The predicted molar refractivity (Wildman–Crippen MR) is 165 cm³/mol. The van der Waals surface area contributed by atoms with Crippen LogP contribution >= 0.6 is 11.8 Å². The molecule has 0 heterocycles. The van der Waals surface area contributed by atoms with Gasteiger partial charge in [-0.2, -0.15) is 0 Å². The fraction of sp³-hybridized carbons (Fsp3) is 0.290. The Kier molecular flexibility index (Phi) is 11.3. The molecule has 1 unspecified atom stereocenters. The zero-order valence-electron chi connectivity index (χ0n) is 24.4. The number of carboxylic acids is 2. The lowest BCUT2D eigenvalue weighted by Gasteiger charge is -2.19. The van der Waals surface area contributed by atoms with Crippen LogP contribution in [0.2, 0.25) is 0 Å². The Balaban J connectivity index is 1.58. The number of carbonyl (C=O) groups excluding carboxylic acids is 2. The first-order valence-electron chi connectivity index (χ1n) is 13.4.